The van der Waals surface area contributed by atoms with Crippen molar-refractivity contribution >= 4 is 23.6 Å². The molecule has 1 fully saturated rings. The van der Waals surface area contributed by atoms with Gasteiger partial charge in [-0.1, -0.05) is 30.3 Å². The quantitative estimate of drug-likeness (QED) is 0.810. The molecular weight excluding hydrogens is 292 g/mol. The van der Waals surface area contributed by atoms with Gasteiger partial charge in [-0.15, -0.1) is 11.8 Å². The van der Waals surface area contributed by atoms with Crippen molar-refractivity contribution in [3.8, 4) is 0 Å². The SMILES string of the molecule is CON1C(=O)[C@@](Cc2ccccc2)(SC)NC(=O)[C@H]1CO. The van der Waals surface area contributed by atoms with Gasteiger partial charge in [-0.2, -0.15) is 0 Å². The third-order valence-electron chi connectivity index (χ3n) is 3.47. The van der Waals surface area contributed by atoms with Gasteiger partial charge in [-0.3, -0.25) is 14.4 Å². The van der Waals surface area contributed by atoms with Gasteiger partial charge in [0.15, 0.2) is 10.9 Å². The van der Waals surface area contributed by atoms with E-state index in [1.54, 1.807) is 6.26 Å². The topological polar surface area (TPSA) is 78.9 Å². The summed E-state index contributed by atoms with van der Waals surface area (Å²) < 4.78 is 0. The molecule has 2 atom stereocenters. The number of piperazine rings is 1. The maximum atomic E-state index is 12.7. The summed E-state index contributed by atoms with van der Waals surface area (Å²) in [5.74, 6) is -0.802. The summed E-state index contributed by atoms with van der Waals surface area (Å²) >= 11 is 1.25. The Hall–Kier alpha value is -1.57. The summed E-state index contributed by atoms with van der Waals surface area (Å²) in [5.41, 5.74) is 0.930. The molecule has 21 heavy (non-hydrogen) atoms. The number of hydroxylamine groups is 2. The number of carbonyl (C=O) groups is 2. The molecule has 0 spiro atoms. The first kappa shape index (κ1) is 15.8. The van der Waals surface area contributed by atoms with Crippen molar-refractivity contribution in [1.82, 2.24) is 10.4 Å². The second-order valence-electron chi connectivity index (χ2n) is 4.69. The van der Waals surface area contributed by atoms with E-state index < -0.39 is 23.4 Å². The highest BCUT2D eigenvalue weighted by Gasteiger charge is 2.51. The molecule has 114 valence electrons. The van der Waals surface area contributed by atoms with E-state index in [-0.39, 0.29) is 5.91 Å². The smallest absolute Gasteiger partial charge is 0.283 e. The normalized spacial score (nSPS) is 25.9. The number of hydrogen-bond donors (Lipinski definition) is 2. The summed E-state index contributed by atoms with van der Waals surface area (Å²) in [4.78, 5) is 28.7. The van der Waals surface area contributed by atoms with Crippen LogP contribution in [0.25, 0.3) is 0 Å². The van der Waals surface area contributed by atoms with E-state index in [0.717, 1.165) is 10.6 Å². The molecule has 1 aliphatic rings. The zero-order valence-corrected chi connectivity index (χ0v) is 12.7. The van der Waals surface area contributed by atoms with E-state index in [1.807, 2.05) is 30.3 Å². The van der Waals surface area contributed by atoms with Crippen molar-refractivity contribution < 1.29 is 19.5 Å². The van der Waals surface area contributed by atoms with Gasteiger partial charge in [0.1, 0.15) is 0 Å². The number of thioether (sulfide) groups is 1. The van der Waals surface area contributed by atoms with Crippen molar-refractivity contribution in [3.63, 3.8) is 0 Å². The number of aliphatic hydroxyl groups is 1. The summed E-state index contributed by atoms with van der Waals surface area (Å²) in [7, 11) is 1.31. The van der Waals surface area contributed by atoms with E-state index in [9.17, 15) is 14.7 Å². The van der Waals surface area contributed by atoms with Crippen molar-refractivity contribution in [1.29, 1.82) is 0 Å². The lowest BCUT2D eigenvalue weighted by Gasteiger charge is -2.43. The largest absolute Gasteiger partial charge is 0.394 e. The number of hydrogen-bond acceptors (Lipinski definition) is 5. The van der Waals surface area contributed by atoms with Crippen LogP contribution in [-0.2, 0) is 20.8 Å². The van der Waals surface area contributed by atoms with Gasteiger partial charge < -0.3 is 10.4 Å². The molecule has 0 aromatic heterocycles. The summed E-state index contributed by atoms with van der Waals surface area (Å²) in [6.45, 7) is -0.485. The lowest BCUT2D eigenvalue weighted by atomic mass is 10.0. The van der Waals surface area contributed by atoms with Gasteiger partial charge >= 0.3 is 0 Å². The molecule has 2 N–H and O–H groups in total. The Bertz CT molecular complexity index is 525. The van der Waals surface area contributed by atoms with Crippen LogP contribution in [0.3, 0.4) is 0 Å². The first-order chi connectivity index (χ1) is 10.1. The van der Waals surface area contributed by atoms with E-state index in [2.05, 4.69) is 5.32 Å². The Morgan fingerprint density at radius 2 is 2.05 bits per heavy atom. The highest BCUT2D eigenvalue weighted by Crippen LogP contribution is 2.31. The van der Waals surface area contributed by atoms with Crippen molar-refractivity contribution in [2.45, 2.75) is 17.3 Å². The summed E-state index contributed by atoms with van der Waals surface area (Å²) in [6.07, 6.45) is 2.10. The van der Waals surface area contributed by atoms with Crippen LogP contribution in [0.4, 0.5) is 0 Å². The van der Waals surface area contributed by atoms with E-state index >= 15 is 0 Å². The minimum atomic E-state index is -1.12. The van der Waals surface area contributed by atoms with Crippen LogP contribution < -0.4 is 5.32 Å². The Morgan fingerprint density at radius 3 is 2.57 bits per heavy atom. The number of carbonyl (C=O) groups excluding carboxylic acids is 2. The standard InChI is InChI=1S/C14H18N2O4S/c1-20-16-11(9-17)12(18)15-14(21-2,13(16)19)8-10-6-4-3-5-7-10/h3-7,11,17H,8-9H2,1-2H3,(H,15,18)/t11-,14-/m1/s1. The predicted molar refractivity (Wildman–Crippen MR) is 79.3 cm³/mol. The summed E-state index contributed by atoms with van der Waals surface area (Å²) in [5, 5.41) is 13.0. The van der Waals surface area contributed by atoms with Gasteiger partial charge in [0.05, 0.1) is 13.7 Å². The van der Waals surface area contributed by atoms with E-state index in [0.29, 0.717) is 6.42 Å². The third-order valence-corrected chi connectivity index (χ3v) is 4.59. The van der Waals surface area contributed by atoms with Crippen molar-refractivity contribution in [2.24, 2.45) is 0 Å². The lowest BCUT2D eigenvalue weighted by Crippen LogP contribution is -2.70. The van der Waals surface area contributed by atoms with Gasteiger partial charge in [0, 0.05) is 6.42 Å². The van der Waals surface area contributed by atoms with Crippen LogP contribution >= 0.6 is 11.8 Å². The average molecular weight is 310 g/mol. The Morgan fingerprint density at radius 1 is 1.38 bits per heavy atom. The number of nitrogens with zero attached hydrogens (tertiary/aromatic N) is 1. The Balaban J connectivity index is 2.34. The second kappa shape index (κ2) is 6.46. The fraction of sp³-hybridized carbons (Fsp3) is 0.429. The van der Waals surface area contributed by atoms with E-state index in [1.165, 1.54) is 18.9 Å². The Kier molecular flexibility index (Phi) is 4.87. The van der Waals surface area contributed by atoms with Crippen LogP contribution in [0.2, 0.25) is 0 Å². The molecule has 0 radical (unpaired) electrons. The zero-order chi connectivity index (χ0) is 15.5. The van der Waals surface area contributed by atoms with Crippen LogP contribution in [0.15, 0.2) is 30.3 Å². The molecule has 0 saturated carbocycles. The lowest BCUT2D eigenvalue weighted by molar-refractivity contribution is -0.205. The number of benzene rings is 1. The number of rotatable bonds is 5. The maximum Gasteiger partial charge on any atom is 0.283 e. The average Bonchev–Trinajstić information content (AvgIpc) is 2.51. The Labute approximate surface area is 127 Å². The molecule has 0 aliphatic carbocycles. The predicted octanol–water partition coefficient (Wildman–Crippen LogP) is 0.169. The van der Waals surface area contributed by atoms with Crippen LogP contribution in [0.5, 0.6) is 0 Å². The highest BCUT2D eigenvalue weighted by molar-refractivity contribution is 8.00. The molecule has 1 aromatic carbocycles. The highest BCUT2D eigenvalue weighted by atomic mass is 32.2. The van der Waals surface area contributed by atoms with Crippen LogP contribution in [0.1, 0.15) is 5.56 Å². The molecule has 1 aliphatic heterocycles. The summed E-state index contributed by atoms with van der Waals surface area (Å²) in [6, 6.07) is 8.42. The maximum absolute atomic E-state index is 12.7. The number of aliphatic hydroxyl groups excluding tert-OH is 1. The molecule has 1 saturated heterocycles. The fourth-order valence-electron chi connectivity index (χ4n) is 2.34. The van der Waals surface area contributed by atoms with E-state index in [4.69, 9.17) is 4.84 Å². The first-order valence-electron chi connectivity index (χ1n) is 6.47. The second-order valence-corrected chi connectivity index (χ2v) is 5.80. The molecule has 6 nitrogen and oxygen atoms in total. The third kappa shape index (κ3) is 2.90. The number of nitrogens with one attached hydrogen (secondary N) is 1. The molecule has 1 aromatic rings. The molecule has 2 amide bonds. The molecule has 2 rings (SSSR count). The number of amides is 2. The van der Waals surface area contributed by atoms with Crippen LogP contribution in [-0.4, -0.2) is 52.9 Å². The fourth-order valence-corrected chi connectivity index (χ4v) is 3.12. The molecule has 0 bridgehead atoms. The van der Waals surface area contributed by atoms with Gasteiger partial charge in [-0.25, -0.2) is 5.06 Å². The molecule has 1 heterocycles. The minimum Gasteiger partial charge on any atom is -0.394 e. The zero-order valence-electron chi connectivity index (χ0n) is 11.9. The monoisotopic (exact) mass is 310 g/mol. The van der Waals surface area contributed by atoms with Crippen LogP contribution in [0, 0.1) is 0 Å². The van der Waals surface area contributed by atoms with Gasteiger partial charge in [-0.05, 0) is 11.8 Å². The first-order valence-corrected chi connectivity index (χ1v) is 7.70. The van der Waals surface area contributed by atoms with Gasteiger partial charge in [0.2, 0.25) is 5.91 Å². The van der Waals surface area contributed by atoms with Crippen molar-refractivity contribution in [3.05, 3.63) is 35.9 Å². The van der Waals surface area contributed by atoms with Crippen molar-refractivity contribution in [2.75, 3.05) is 20.0 Å². The molecular formula is C14H18N2O4S. The molecule has 7 heteroatoms. The minimum absolute atomic E-state index is 0.345. The molecule has 0 unspecified atom stereocenters. The van der Waals surface area contributed by atoms with Gasteiger partial charge in [0.25, 0.3) is 5.91 Å².